The first-order chi connectivity index (χ1) is 11.1. The SMILES string of the molecule is CC(C)(CNC(=O)C1COCCN1)N1CCc2ccccc2C1.Cl.Cl. The lowest BCUT2D eigenvalue weighted by atomic mass is 9.94. The molecule has 1 atom stereocenters. The number of carbonyl (C=O) groups is 1. The number of carbonyl (C=O) groups excluding carboxylic acids is 1. The molecule has 2 N–H and O–H groups in total. The fourth-order valence-electron chi connectivity index (χ4n) is 3.28. The van der Waals surface area contributed by atoms with Crippen molar-refractivity contribution in [3.63, 3.8) is 0 Å². The Morgan fingerprint density at radius 3 is 2.72 bits per heavy atom. The Morgan fingerprint density at radius 1 is 1.32 bits per heavy atom. The summed E-state index contributed by atoms with van der Waals surface area (Å²) in [5, 5.41) is 6.29. The van der Waals surface area contributed by atoms with E-state index in [0.29, 0.717) is 19.8 Å². The van der Waals surface area contributed by atoms with Crippen LogP contribution in [0.3, 0.4) is 0 Å². The molecule has 0 aliphatic carbocycles. The van der Waals surface area contributed by atoms with Gasteiger partial charge in [-0.3, -0.25) is 9.69 Å². The summed E-state index contributed by atoms with van der Waals surface area (Å²) in [6.07, 6.45) is 1.07. The Balaban J connectivity index is 0.00000156. The average molecular weight is 390 g/mol. The van der Waals surface area contributed by atoms with Crippen molar-refractivity contribution >= 4 is 30.7 Å². The van der Waals surface area contributed by atoms with E-state index in [9.17, 15) is 4.79 Å². The van der Waals surface area contributed by atoms with Crippen molar-refractivity contribution in [2.45, 2.75) is 38.4 Å². The average Bonchev–Trinajstić information content (AvgIpc) is 2.60. The number of rotatable bonds is 4. The molecule has 1 amide bonds. The second-order valence-corrected chi connectivity index (χ2v) is 7.05. The van der Waals surface area contributed by atoms with Crippen molar-refractivity contribution in [2.24, 2.45) is 0 Å². The molecule has 7 heteroatoms. The number of fused-ring (bicyclic) bond motifs is 1. The van der Waals surface area contributed by atoms with Crippen molar-refractivity contribution in [1.82, 2.24) is 15.5 Å². The second kappa shape index (κ2) is 9.74. The van der Waals surface area contributed by atoms with E-state index in [-0.39, 0.29) is 42.3 Å². The zero-order chi connectivity index (χ0) is 16.3. The summed E-state index contributed by atoms with van der Waals surface area (Å²) < 4.78 is 5.36. The summed E-state index contributed by atoms with van der Waals surface area (Å²) in [4.78, 5) is 14.7. The monoisotopic (exact) mass is 389 g/mol. The molecule has 1 fully saturated rings. The van der Waals surface area contributed by atoms with Gasteiger partial charge in [0.1, 0.15) is 6.04 Å². The number of hydrogen-bond donors (Lipinski definition) is 2. The Labute approximate surface area is 162 Å². The predicted molar refractivity (Wildman–Crippen MR) is 105 cm³/mol. The van der Waals surface area contributed by atoms with Crippen LogP contribution in [-0.4, -0.2) is 55.2 Å². The van der Waals surface area contributed by atoms with E-state index in [1.54, 1.807) is 0 Å². The van der Waals surface area contributed by atoms with Gasteiger partial charge in [0.25, 0.3) is 0 Å². The Kier molecular flexibility index (Phi) is 8.64. The van der Waals surface area contributed by atoms with E-state index in [2.05, 4.69) is 53.6 Å². The molecule has 0 aromatic heterocycles. The maximum atomic E-state index is 12.3. The predicted octanol–water partition coefficient (Wildman–Crippen LogP) is 1.77. The van der Waals surface area contributed by atoms with Gasteiger partial charge in [-0.2, -0.15) is 0 Å². The van der Waals surface area contributed by atoms with Gasteiger partial charge in [0, 0.05) is 31.7 Å². The van der Waals surface area contributed by atoms with Crippen molar-refractivity contribution in [3.05, 3.63) is 35.4 Å². The van der Waals surface area contributed by atoms with Gasteiger partial charge in [-0.05, 0) is 31.4 Å². The molecule has 3 rings (SSSR count). The van der Waals surface area contributed by atoms with Gasteiger partial charge in [-0.15, -0.1) is 24.8 Å². The molecule has 1 unspecified atom stereocenters. The van der Waals surface area contributed by atoms with Crippen molar-refractivity contribution < 1.29 is 9.53 Å². The van der Waals surface area contributed by atoms with Crippen LogP contribution in [0.4, 0.5) is 0 Å². The first-order valence-corrected chi connectivity index (χ1v) is 8.47. The van der Waals surface area contributed by atoms with Crippen LogP contribution < -0.4 is 10.6 Å². The summed E-state index contributed by atoms with van der Waals surface area (Å²) in [6.45, 7) is 8.91. The van der Waals surface area contributed by atoms with Crippen LogP contribution >= 0.6 is 24.8 Å². The zero-order valence-electron chi connectivity index (χ0n) is 14.9. The largest absolute Gasteiger partial charge is 0.378 e. The molecule has 1 saturated heterocycles. The quantitative estimate of drug-likeness (QED) is 0.823. The number of nitrogens with zero attached hydrogens (tertiary/aromatic N) is 1. The maximum absolute atomic E-state index is 12.3. The highest BCUT2D eigenvalue weighted by Gasteiger charge is 2.31. The molecule has 0 saturated carbocycles. The number of hydrogen-bond acceptors (Lipinski definition) is 4. The van der Waals surface area contributed by atoms with Crippen LogP contribution in [0.25, 0.3) is 0 Å². The number of benzene rings is 1. The molecule has 0 bridgehead atoms. The minimum absolute atomic E-state index is 0. The molecule has 0 radical (unpaired) electrons. The van der Waals surface area contributed by atoms with E-state index < -0.39 is 0 Å². The van der Waals surface area contributed by atoms with Crippen LogP contribution in [0.1, 0.15) is 25.0 Å². The number of nitrogens with one attached hydrogen (secondary N) is 2. The third-order valence-electron chi connectivity index (χ3n) is 4.92. The Morgan fingerprint density at radius 2 is 2.04 bits per heavy atom. The summed E-state index contributed by atoms with van der Waals surface area (Å²) in [7, 11) is 0. The Hall–Kier alpha value is -0.850. The molecule has 5 nitrogen and oxygen atoms in total. The van der Waals surface area contributed by atoms with Crippen molar-refractivity contribution in [3.8, 4) is 0 Å². The molecule has 2 heterocycles. The van der Waals surface area contributed by atoms with Crippen LogP contribution in [-0.2, 0) is 22.5 Å². The summed E-state index contributed by atoms with van der Waals surface area (Å²) in [5.41, 5.74) is 2.78. The third-order valence-corrected chi connectivity index (χ3v) is 4.92. The van der Waals surface area contributed by atoms with Gasteiger partial charge in [0.2, 0.25) is 5.91 Å². The molecule has 0 spiro atoms. The highest BCUT2D eigenvalue weighted by Crippen LogP contribution is 2.24. The van der Waals surface area contributed by atoms with Gasteiger partial charge in [0.15, 0.2) is 0 Å². The normalized spacial score (nSPS) is 20.6. The fraction of sp³-hybridized carbons (Fsp3) is 0.611. The fourth-order valence-corrected chi connectivity index (χ4v) is 3.28. The third kappa shape index (κ3) is 5.56. The Bertz CT molecular complexity index is 563. The maximum Gasteiger partial charge on any atom is 0.239 e. The molecule has 1 aromatic rings. The zero-order valence-corrected chi connectivity index (χ0v) is 16.5. The minimum Gasteiger partial charge on any atom is -0.378 e. The second-order valence-electron chi connectivity index (χ2n) is 7.05. The van der Waals surface area contributed by atoms with E-state index >= 15 is 0 Å². The molecule has 2 aliphatic heterocycles. The standard InChI is InChI=1S/C18H27N3O2.2ClH/c1-18(2,13-20-17(22)16-12-23-10-8-19-16)21-9-7-14-5-3-4-6-15(14)11-21;;/h3-6,16,19H,7-13H2,1-2H3,(H,20,22);2*1H. The van der Waals surface area contributed by atoms with Crippen LogP contribution in [0.5, 0.6) is 0 Å². The van der Waals surface area contributed by atoms with Gasteiger partial charge in [-0.25, -0.2) is 0 Å². The summed E-state index contributed by atoms with van der Waals surface area (Å²) >= 11 is 0. The number of ether oxygens (including phenoxy) is 1. The van der Waals surface area contributed by atoms with E-state index in [0.717, 1.165) is 26.1 Å². The van der Waals surface area contributed by atoms with Crippen LogP contribution in [0.2, 0.25) is 0 Å². The van der Waals surface area contributed by atoms with E-state index in [1.807, 2.05) is 0 Å². The first kappa shape index (κ1) is 22.2. The van der Waals surface area contributed by atoms with Crippen LogP contribution in [0, 0.1) is 0 Å². The topological polar surface area (TPSA) is 53.6 Å². The van der Waals surface area contributed by atoms with Gasteiger partial charge < -0.3 is 15.4 Å². The smallest absolute Gasteiger partial charge is 0.239 e. The molecular weight excluding hydrogens is 361 g/mol. The lowest BCUT2D eigenvalue weighted by Crippen LogP contribution is -2.57. The molecule has 1 aromatic carbocycles. The molecule has 25 heavy (non-hydrogen) atoms. The van der Waals surface area contributed by atoms with Crippen molar-refractivity contribution in [1.29, 1.82) is 0 Å². The van der Waals surface area contributed by atoms with Gasteiger partial charge in [-0.1, -0.05) is 24.3 Å². The van der Waals surface area contributed by atoms with Gasteiger partial charge in [0.05, 0.1) is 13.2 Å². The number of halogens is 2. The van der Waals surface area contributed by atoms with Crippen LogP contribution in [0.15, 0.2) is 24.3 Å². The summed E-state index contributed by atoms with van der Waals surface area (Å²) in [5.74, 6) is 0.0372. The van der Waals surface area contributed by atoms with E-state index in [1.165, 1.54) is 11.1 Å². The molecule has 2 aliphatic rings. The van der Waals surface area contributed by atoms with Gasteiger partial charge >= 0.3 is 0 Å². The number of morpholine rings is 1. The highest BCUT2D eigenvalue weighted by atomic mass is 35.5. The first-order valence-electron chi connectivity index (χ1n) is 8.47. The van der Waals surface area contributed by atoms with E-state index in [4.69, 9.17) is 4.74 Å². The lowest BCUT2D eigenvalue weighted by Gasteiger charge is -2.42. The number of amides is 1. The highest BCUT2D eigenvalue weighted by molar-refractivity contribution is 5.85. The molecule has 142 valence electrons. The van der Waals surface area contributed by atoms with Crippen molar-refractivity contribution in [2.75, 3.05) is 32.8 Å². The lowest BCUT2D eigenvalue weighted by molar-refractivity contribution is -0.126. The minimum atomic E-state index is -0.221. The summed E-state index contributed by atoms with van der Waals surface area (Å²) in [6, 6.07) is 8.42. The molecular formula is C18H29Cl2N3O2.